The summed E-state index contributed by atoms with van der Waals surface area (Å²) in [6.45, 7) is 5.79. The fraction of sp³-hybridized carbons (Fsp3) is 0.0667. The molecule has 2 aromatic carbocycles. The summed E-state index contributed by atoms with van der Waals surface area (Å²) in [5.74, 6) is 0. The molecule has 0 amide bonds. The van der Waals surface area contributed by atoms with Crippen LogP contribution in [0, 0.1) is 6.92 Å². The molecule has 0 heterocycles. The number of hydrogen-bond donors (Lipinski definition) is 2. The zero-order valence-corrected chi connectivity index (χ0v) is 10.7. The van der Waals surface area contributed by atoms with Gasteiger partial charge in [-0.05, 0) is 28.9 Å². The van der Waals surface area contributed by atoms with Gasteiger partial charge in [0.05, 0.1) is 0 Å². The number of nitrogen functional groups attached to an aromatic ring is 1. The zero-order valence-electron chi connectivity index (χ0n) is 9.77. The number of fused-ring (bicyclic) bond motifs is 1. The monoisotopic (exact) mass is 241 g/mol. The first-order valence-electron chi connectivity index (χ1n) is 5.43. The van der Waals surface area contributed by atoms with E-state index in [4.69, 9.17) is 5.73 Å². The minimum Gasteiger partial charge on any atom is -0.398 e. The number of rotatable bonds is 2. The average molecular weight is 241 g/mol. The Morgan fingerprint density at radius 3 is 2.76 bits per heavy atom. The Morgan fingerprint density at radius 2 is 2.06 bits per heavy atom. The molecule has 0 aliphatic heterocycles. The molecular formula is C15H15NS. The van der Waals surface area contributed by atoms with Gasteiger partial charge in [0.25, 0.3) is 0 Å². The average Bonchev–Trinajstić information content (AvgIpc) is 2.27. The van der Waals surface area contributed by atoms with Gasteiger partial charge in [-0.1, -0.05) is 48.6 Å². The van der Waals surface area contributed by atoms with Crippen LogP contribution >= 0.6 is 12.6 Å². The maximum atomic E-state index is 6.15. The summed E-state index contributed by atoms with van der Waals surface area (Å²) in [6, 6.07) is 10.4. The number of anilines is 1. The first kappa shape index (κ1) is 11.8. The van der Waals surface area contributed by atoms with Crippen LogP contribution < -0.4 is 5.73 Å². The minimum atomic E-state index is 0.716. The topological polar surface area (TPSA) is 26.0 Å². The molecule has 1 nitrogen and oxygen atoms in total. The van der Waals surface area contributed by atoms with Gasteiger partial charge in [-0.2, -0.15) is 0 Å². The fourth-order valence-corrected chi connectivity index (χ4v) is 1.90. The van der Waals surface area contributed by atoms with Gasteiger partial charge in [0.15, 0.2) is 0 Å². The predicted octanol–water partition coefficient (Wildman–Crippen LogP) is 4.19. The number of hydrogen-bond acceptors (Lipinski definition) is 2. The normalized spacial score (nSPS) is 11.2. The molecule has 0 aromatic heterocycles. The maximum absolute atomic E-state index is 6.15. The summed E-state index contributed by atoms with van der Waals surface area (Å²) in [4.78, 5) is 0.716. The molecule has 0 aliphatic rings. The number of aryl methyl sites for hydroxylation is 1. The summed E-state index contributed by atoms with van der Waals surface area (Å²) in [5.41, 5.74) is 9.19. The highest BCUT2D eigenvalue weighted by Crippen LogP contribution is 2.26. The smallest absolute Gasteiger partial charge is 0.0467 e. The van der Waals surface area contributed by atoms with E-state index in [-0.39, 0.29) is 0 Å². The molecule has 0 aliphatic carbocycles. The van der Waals surface area contributed by atoms with Crippen molar-refractivity contribution in [1.29, 1.82) is 0 Å². The summed E-state index contributed by atoms with van der Waals surface area (Å²) >= 11 is 4.13. The van der Waals surface area contributed by atoms with Gasteiger partial charge in [0.2, 0.25) is 0 Å². The molecule has 0 saturated carbocycles. The van der Waals surface area contributed by atoms with Crippen LogP contribution in [0.15, 0.2) is 47.9 Å². The van der Waals surface area contributed by atoms with E-state index in [1.54, 1.807) is 0 Å². The standard InChI is InChI=1S/C15H15NS/c1-10-3-8-14-13(9-10)7-6-12(15(14)16)5-4-11(2)17/h3-9,17H,2,16H2,1H3/b5-4-. The van der Waals surface area contributed by atoms with Crippen molar-refractivity contribution in [2.75, 3.05) is 5.73 Å². The first-order valence-corrected chi connectivity index (χ1v) is 5.87. The van der Waals surface area contributed by atoms with Gasteiger partial charge in [-0.3, -0.25) is 0 Å². The van der Waals surface area contributed by atoms with E-state index in [1.165, 1.54) is 10.9 Å². The lowest BCUT2D eigenvalue weighted by Gasteiger charge is -2.06. The van der Waals surface area contributed by atoms with Crippen LogP contribution in [0.5, 0.6) is 0 Å². The van der Waals surface area contributed by atoms with Crippen LogP contribution in [0.3, 0.4) is 0 Å². The van der Waals surface area contributed by atoms with Gasteiger partial charge in [0, 0.05) is 11.1 Å². The lowest BCUT2D eigenvalue weighted by molar-refractivity contribution is 1.50. The second-order valence-electron chi connectivity index (χ2n) is 4.12. The van der Waals surface area contributed by atoms with Gasteiger partial charge in [0.1, 0.15) is 0 Å². The second-order valence-corrected chi connectivity index (χ2v) is 4.69. The van der Waals surface area contributed by atoms with E-state index in [0.717, 1.165) is 16.6 Å². The van der Waals surface area contributed by atoms with Crippen molar-refractivity contribution in [3.8, 4) is 0 Å². The number of benzene rings is 2. The molecule has 86 valence electrons. The molecule has 0 bridgehead atoms. The highest BCUT2D eigenvalue weighted by atomic mass is 32.1. The Balaban J connectivity index is 2.58. The van der Waals surface area contributed by atoms with E-state index >= 15 is 0 Å². The van der Waals surface area contributed by atoms with E-state index in [2.05, 4.69) is 50.4 Å². The lowest BCUT2D eigenvalue weighted by Crippen LogP contribution is -1.91. The Labute approximate surface area is 107 Å². The van der Waals surface area contributed by atoms with Gasteiger partial charge < -0.3 is 5.73 Å². The molecule has 0 radical (unpaired) electrons. The summed E-state index contributed by atoms with van der Waals surface area (Å²) in [6.07, 6.45) is 3.78. The van der Waals surface area contributed by atoms with Crippen molar-refractivity contribution in [2.24, 2.45) is 0 Å². The minimum absolute atomic E-state index is 0.716. The van der Waals surface area contributed by atoms with E-state index in [9.17, 15) is 0 Å². The number of allylic oxidation sites excluding steroid dienone is 1. The summed E-state index contributed by atoms with van der Waals surface area (Å²) in [5, 5.41) is 2.26. The Hall–Kier alpha value is -1.67. The molecule has 2 N–H and O–H groups in total. The highest BCUT2D eigenvalue weighted by Gasteiger charge is 2.02. The van der Waals surface area contributed by atoms with Crippen molar-refractivity contribution in [1.82, 2.24) is 0 Å². The Morgan fingerprint density at radius 1 is 1.29 bits per heavy atom. The third-order valence-electron chi connectivity index (χ3n) is 2.71. The summed E-state index contributed by atoms with van der Waals surface area (Å²) < 4.78 is 0. The molecule has 2 heteroatoms. The lowest BCUT2D eigenvalue weighted by atomic mass is 10.0. The predicted molar refractivity (Wildman–Crippen MR) is 80.3 cm³/mol. The third kappa shape index (κ3) is 2.53. The van der Waals surface area contributed by atoms with Crippen molar-refractivity contribution >= 4 is 35.2 Å². The summed E-state index contributed by atoms with van der Waals surface area (Å²) in [7, 11) is 0. The third-order valence-corrected chi connectivity index (χ3v) is 2.86. The van der Waals surface area contributed by atoms with E-state index in [0.29, 0.717) is 4.91 Å². The first-order chi connectivity index (χ1) is 8.08. The van der Waals surface area contributed by atoms with Crippen LogP contribution in [-0.2, 0) is 0 Å². The van der Waals surface area contributed by atoms with Crippen LogP contribution in [0.1, 0.15) is 11.1 Å². The molecule has 0 spiro atoms. The van der Waals surface area contributed by atoms with Crippen molar-refractivity contribution < 1.29 is 0 Å². The molecular weight excluding hydrogens is 226 g/mol. The largest absolute Gasteiger partial charge is 0.398 e. The Kier molecular flexibility index (Phi) is 3.25. The van der Waals surface area contributed by atoms with Crippen LogP contribution in [0.25, 0.3) is 16.8 Å². The molecule has 0 fully saturated rings. The van der Waals surface area contributed by atoms with Gasteiger partial charge in [-0.15, -0.1) is 12.6 Å². The highest BCUT2D eigenvalue weighted by molar-refractivity contribution is 7.84. The van der Waals surface area contributed by atoms with E-state index in [1.807, 2.05) is 18.2 Å². The molecule has 0 saturated heterocycles. The number of thiol groups is 1. The van der Waals surface area contributed by atoms with Crippen molar-refractivity contribution in [3.05, 3.63) is 59.0 Å². The van der Waals surface area contributed by atoms with Crippen LogP contribution in [-0.4, -0.2) is 0 Å². The van der Waals surface area contributed by atoms with Gasteiger partial charge >= 0.3 is 0 Å². The fourth-order valence-electron chi connectivity index (χ4n) is 1.82. The van der Waals surface area contributed by atoms with Crippen molar-refractivity contribution in [3.63, 3.8) is 0 Å². The van der Waals surface area contributed by atoms with Crippen LogP contribution in [0.4, 0.5) is 5.69 Å². The van der Waals surface area contributed by atoms with E-state index < -0.39 is 0 Å². The van der Waals surface area contributed by atoms with Crippen molar-refractivity contribution in [2.45, 2.75) is 6.92 Å². The molecule has 0 atom stereocenters. The van der Waals surface area contributed by atoms with Crippen LogP contribution in [0.2, 0.25) is 0 Å². The molecule has 2 aromatic rings. The zero-order chi connectivity index (χ0) is 12.4. The maximum Gasteiger partial charge on any atom is 0.0467 e. The molecule has 17 heavy (non-hydrogen) atoms. The molecule has 2 rings (SSSR count). The number of nitrogens with two attached hydrogens (primary N) is 1. The molecule has 0 unspecified atom stereocenters. The Bertz CT molecular complexity index is 612. The van der Waals surface area contributed by atoms with Gasteiger partial charge in [-0.25, -0.2) is 0 Å². The quantitative estimate of drug-likeness (QED) is 0.460. The SMILES string of the molecule is C=C(S)/C=C\c1ccc2cc(C)ccc2c1N. The second kappa shape index (κ2) is 4.68.